The summed E-state index contributed by atoms with van der Waals surface area (Å²) < 4.78 is 5.84. The number of phenols is 1. The van der Waals surface area contributed by atoms with E-state index in [-0.39, 0.29) is 17.8 Å². The number of benzene rings is 3. The quantitative estimate of drug-likeness (QED) is 0.635. The van der Waals surface area contributed by atoms with Gasteiger partial charge in [-0.1, -0.05) is 54.6 Å². The highest BCUT2D eigenvalue weighted by Crippen LogP contribution is 2.44. The lowest BCUT2D eigenvalue weighted by Crippen LogP contribution is -2.33. The fraction of sp³-hybridized carbons (Fsp3) is 0.240. The van der Waals surface area contributed by atoms with Crippen LogP contribution in [0.2, 0.25) is 0 Å². The SMILES string of the molecule is O=C(OCC1c2ccccc2-c2ccccc21)N1CCCCc2c(O)cccc21. The predicted octanol–water partition coefficient (Wildman–Crippen LogP) is 5.48. The first-order valence-corrected chi connectivity index (χ1v) is 10.2. The number of phenolic OH excluding ortho intramolecular Hbond substituents is 1. The zero-order chi connectivity index (χ0) is 19.8. The van der Waals surface area contributed by atoms with E-state index in [4.69, 9.17) is 4.74 Å². The molecule has 146 valence electrons. The Morgan fingerprint density at radius 1 is 0.931 bits per heavy atom. The van der Waals surface area contributed by atoms with Crippen LogP contribution in [0, 0.1) is 0 Å². The number of hydrogen-bond donors (Lipinski definition) is 1. The molecule has 0 bridgehead atoms. The first-order valence-electron chi connectivity index (χ1n) is 10.2. The number of nitrogens with zero attached hydrogens (tertiary/aromatic N) is 1. The second-order valence-corrected chi connectivity index (χ2v) is 7.69. The van der Waals surface area contributed by atoms with Crippen molar-refractivity contribution in [3.8, 4) is 16.9 Å². The van der Waals surface area contributed by atoms with Crippen LogP contribution in [-0.4, -0.2) is 24.4 Å². The minimum atomic E-state index is -0.347. The molecule has 0 fully saturated rings. The van der Waals surface area contributed by atoms with E-state index >= 15 is 0 Å². The summed E-state index contributed by atoms with van der Waals surface area (Å²) in [5, 5.41) is 10.2. The average molecular weight is 385 g/mol. The normalized spacial score (nSPS) is 15.2. The fourth-order valence-corrected chi connectivity index (χ4v) is 4.63. The Kier molecular flexibility index (Phi) is 4.47. The molecule has 0 radical (unpaired) electrons. The van der Waals surface area contributed by atoms with Gasteiger partial charge in [0, 0.05) is 18.0 Å². The van der Waals surface area contributed by atoms with E-state index in [2.05, 4.69) is 24.3 Å². The summed E-state index contributed by atoms with van der Waals surface area (Å²) in [5.74, 6) is 0.294. The molecular weight excluding hydrogens is 362 g/mol. The summed E-state index contributed by atoms with van der Waals surface area (Å²) in [6, 6.07) is 22.0. The highest BCUT2D eigenvalue weighted by molar-refractivity contribution is 5.89. The van der Waals surface area contributed by atoms with Crippen molar-refractivity contribution < 1.29 is 14.6 Å². The second-order valence-electron chi connectivity index (χ2n) is 7.69. The van der Waals surface area contributed by atoms with Crippen LogP contribution >= 0.6 is 0 Å². The molecule has 0 atom stereocenters. The molecular formula is C25H23NO3. The number of carbonyl (C=O) groups is 1. The number of amides is 1. The maximum absolute atomic E-state index is 13.0. The van der Waals surface area contributed by atoms with E-state index in [9.17, 15) is 9.90 Å². The molecule has 0 spiro atoms. The molecule has 29 heavy (non-hydrogen) atoms. The molecule has 1 N–H and O–H groups in total. The van der Waals surface area contributed by atoms with Crippen LogP contribution in [0.25, 0.3) is 11.1 Å². The van der Waals surface area contributed by atoms with Gasteiger partial charge in [-0.05, 0) is 53.6 Å². The summed E-state index contributed by atoms with van der Waals surface area (Å²) in [4.78, 5) is 14.7. The van der Waals surface area contributed by atoms with Gasteiger partial charge in [-0.2, -0.15) is 0 Å². The number of fused-ring (bicyclic) bond motifs is 4. The molecule has 1 aliphatic heterocycles. The lowest BCUT2D eigenvalue weighted by molar-refractivity contribution is 0.150. The van der Waals surface area contributed by atoms with Crippen LogP contribution in [0.15, 0.2) is 66.7 Å². The Balaban J connectivity index is 1.40. The molecule has 3 aromatic rings. The number of ether oxygens (including phenoxy) is 1. The predicted molar refractivity (Wildman–Crippen MR) is 113 cm³/mol. The smallest absolute Gasteiger partial charge is 0.414 e. The Morgan fingerprint density at radius 2 is 1.62 bits per heavy atom. The van der Waals surface area contributed by atoms with Crippen molar-refractivity contribution in [1.82, 2.24) is 0 Å². The second kappa shape index (κ2) is 7.28. The molecule has 4 nitrogen and oxygen atoms in total. The standard InChI is InChI=1S/C25H23NO3/c27-24-14-7-13-23-21(24)12-5-6-15-26(23)25(28)29-16-22-19-10-3-1-8-17(19)18-9-2-4-11-20(18)22/h1-4,7-11,13-14,22,27H,5-6,12,15-16H2. The summed E-state index contributed by atoms with van der Waals surface area (Å²) >= 11 is 0. The van der Waals surface area contributed by atoms with E-state index in [1.807, 2.05) is 30.3 Å². The van der Waals surface area contributed by atoms with E-state index < -0.39 is 0 Å². The maximum Gasteiger partial charge on any atom is 0.414 e. The van der Waals surface area contributed by atoms with Crippen molar-refractivity contribution >= 4 is 11.8 Å². The zero-order valence-electron chi connectivity index (χ0n) is 16.2. The van der Waals surface area contributed by atoms with Crippen molar-refractivity contribution in [2.24, 2.45) is 0 Å². The zero-order valence-corrected chi connectivity index (χ0v) is 16.2. The lowest BCUT2D eigenvalue weighted by Gasteiger charge is -2.24. The van der Waals surface area contributed by atoms with Gasteiger partial charge in [0.25, 0.3) is 0 Å². The third-order valence-corrected chi connectivity index (χ3v) is 6.03. The molecule has 1 amide bonds. The molecule has 1 aliphatic carbocycles. The molecule has 2 aliphatic rings. The fourth-order valence-electron chi connectivity index (χ4n) is 4.63. The topological polar surface area (TPSA) is 49.8 Å². The molecule has 0 aromatic heterocycles. The van der Waals surface area contributed by atoms with Crippen LogP contribution in [0.1, 0.15) is 35.4 Å². The van der Waals surface area contributed by atoms with Gasteiger partial charge in [0.05, 0.1) is 5.69 Å². The Hall–Kier alpha value is -3.27. The number of hydrogen-bond acceptors (Lipinski definition) is 3. The monoisotopic (exact) mass is 385 g/mol. The first kappa shape index (κ1) is 17.8. The van der Waals surface area contributed by atoms with Gasteiger partial charge in [0.2, 0.25) is 0 Å². The Labute approximate surface area is 170 Å². The molecule has 1 heterocycles. The van der Waals surface area contributed by atoms with E-state index in [1.54, 1.807) is 17.0 Å². The molecule has 0 unspecified atom stereocenters. The minimum absolute atomic E-state index is 0.0435. The van der Waals surface area contributed by atoms with Gasteiger partial charge in [-0.25, -0.2) is 4.79 Å². The first-order chi connectivity index (χ1) is 14.2. The summed E-state index contributed by atoms with van der Waals surface area (Å²) in [5.41, 5.74) is 6.44. The molecule has 5 rings (SSSR count). The third kappa shape index (κ3) is 3.05. The Morgan fingerprint density at radius 3 is 2.34 bits per heavy atom. The number of carbonyl (C=O) groups excluding carboxylic acids is 1. The van der Waals surface area contributed by atoms with Crippen molar-refractivity contribution in [1.29, 1.82) is 0 Å². The average Bonchev–Trinajstić information content (AvgIpc) is 2.90. The number of rotatable bonds is 2. The largest absolute Gasteiger partial charge is 0.508 e. The molecule has 0 saturated carbocycles. The van der Waals surface area contributed by atoms with E-state index in [1.165, 1.54) is 22.3 Å². The van der Waals surface area contributed by atoms with Crippen molar-refractivity contribution in [3.63, 3.8) is 0 Å². The minimum Gasteiger partial charge on any atom is -0.508 e. The van der Waals surface area contributed by atoms with Gasteiger partial charge < -0.3 is 9.84 Å². The summed E-state index contributed by atoms with van der Waals surface area (Å²) in [6.45, 7) is 0.907. The third-order valence-electron chi connectivity index (χ3n) is 6.03. The molecule has 0 saturated heterocycles. The molecule has 3 aromatic carbocycles. The van der Waals surface area contributed by atoms with Gasteiger partial charge in [0.15, 0.2) is 0 Å². The van der Waals surface area contributed by atoms with Gasteiger partial charge in [0.1, 0.15) is 12.4 Å². The van der Waals surface area contributed by atoms with Gasteiger partial charge >= 0.3 is 6.09 Å². The lowest BCUT2D eigenvalue weighted by atomic mass is 9.98. The molecule has 4 heteroatoms. The number of anilines is 1. The van der Waals surface area contributed by atoms with Crippen LogP contribution in [0.3, 0.4) is 0 Å². The van der Waals surface area contributed by atoms with Gasteiger partial charge in [-0.3, -0.25) is 4.90 Å². The summed E-state index contributed by atoms with van der Waals surface area (Å²) in [6.07, 6.45) is 2.26. The van der Waals surface area contributed by atoms with Crippen molar-refractivity contribution in [3.05, 3.63) is 83.4 Å². The highest BCUT2D eigenvalue weighted by atomic mass is 16.6. The maximum atomic E-state index is 13.0. The van der Waals surface area contributed by atoms with Gasteiger partial charge in [-0.15, -0.1) is 0 Å². The van der Waals surface area contributed by atoms with Crippen molar-refractivity contribution in [2.45, 2.75) is 25.2 Å². The summed E-state index contributed by atoms with van der Waals surface area (Å²) in [7, 11) is 0. The van der Waals surface area contributed by atoms with Crippen molar-refractivity contribution in [2.75, 3.05) is 18.1 Å². The highest BCUT2D eigenvalue weighted by Gasteiger charge is 2.30. The Bertz CT molecular complexity index is 1030. The van der Waals surface area contributed by atoms with Crippen LogP contribution in [0.5, 0.6) is 5.75 Å². The van der Waals surface area contributed by atoms with Crippen LogP contribution < -0.4 is 4.90 Å². The van der Waals surface area contributed by atoms with E-state index in [0.29, 0.717) is 13.2 Å². The van der Waals surface area contributed by atoms with Crippen LogP contribution in [-0.2, 0) is 11.2 Å². The number of aromatic hydroxyl groups is 1. The van der Waals surface area contributed by atoms with E-state index in [0.717, 1.165) is 30.5 Å². The van der Waals surface area contributed by atoms with Crippen LogP contribution in [0.4, 0.5) is 10.5 Å².